The zero-order chi connectivity index (χ0) is 19.6. The van der Waals surface area contributed by atoms with E-state index >= 15 is 0 Å². The molecule has 0 spiro atoms. The van der Waals surface area contributed by atoms with Crippen molar-refractivity contribution in [1.29, 1.82) is 0 Å². The van der Waals surface area contributed by atoms with Crippen LogP contribution in [0.15, 0.2) is 53.0 Å². The second-order valence-corrected chi connectivity index (χ2v) is 7.86. The standard InChI is InChI=1S/C20H23BrN2O3S/c1-14-17(21)9-6-10-18(14)23-19(27-2)11-16(12-24)22-20(25)26-13-15-7-4-3-5-8-15/h3-10,12,16,19,23H,11,13H2,1-2H3,(H,22,25). The highest BCUT2D eigenvalue weighted by atomic mass is 79.9. The summed E-state index contributed by atoms with van der Waals surface area (Å²) in [7, 11) is 0. The molecule has 2 unspecified atom stereocenters. The number of ether oxygens (including phenoxy) is 1. The van der Waals surface area contributed by atoms with Crippen LogP contribution in [-0.4, -0.2) is 30.1 Å². The van der Waals surface area contributed by atoms with Crippen LogP contribution >= 0.6 is 27.7 Å². The van der Waals surface area contributed by atoms with Gasteiger partial charge >= 0.3 is 6.09 Å². The van der Waals surface area contributed by atoms with Crippen LogP contribution in [0.2, 0.25) is 0 Å². The highest BCUT2D eigenvalue weighted by Crippen LogP contribution is 2.26. The Morgan fingerprint density at radius 3 is 2.63 bits per heavy atom. The SMILES string of the molecule is CSC(CC(C=O)NC(=O)OCc1ccccc1)Nc1cccc(Br)c1C. The molecule has 0 aliphatic heterocycles. The van der Waals surface area contributed by atoms with E-state index in [9.17, 15) is 9.59 Å². The lowest BCUT2D eigenvalue weighted by Crippen LogP contribution is -2.39. The second-order valence-electron chi connectivity index (χ2n) is 5.97. The molecule has 0 radical (unpaired) electrons. The molecule has 2 rings (SSSR count). The summed E-state index contributed by atoms with van der Waals surface area (Å²) in [5.41, 5.74) is 2.97. The lowest BCUT2D eigenvalue weighted by molar-refractivity contribution is -0.109. The van der Waals surface area contributed by atoms with Crippen molar-refractivity contribution in [2.24, 2.45) is 0 Å². The molecule has 0 aromatic heterocycles. The smallest absolute Gasteiger partial charge is 0.408 e. The van der Waals surface area contributed by atoms with Gasteiger partial charge in [0, 0.05) is 16.6 Å². The number of rotatable bonds is 9. The molecule has 2 N–H and O–H groups in total. The summed E-state index contributed by atoms with van der Waals surface area (Å²) >= 11 is 5.10. The van der Waals surface area contributed by atoms with E-state index in [4.69, 9.17) is 4.74 Å². The summed E-state index contributed by atoms with van der Waals surface area (Å²) in [5.74, 6) is 0. The molecule has 0 fully saturated rings. The van der Waals surface area contributed by atoms with Crippen LogP contribution < -0.4 is 10.6 Å². The Hall–Kier alpha value is -1.99. The molecule has 0 heterocycles. The fraction of sp³-hybridized carbons (Fsp3) is 0.300. The molecule has 2 atom stereocenters. The summed E-state index contributed by atoms with van der Waals surface area (Å²) < 4.78 is 6.20. The number of hydrogen-bond donors (Lipinski definition) is 2. The first-order chi connectivity index (χ1) is 13.0. The van der Waals surface area contributed by atoms with Gasteiger partial charge in [0.05, 0.1) is 11.4 Å². The number of amides is 1. The Kier molecular flexibility index (Phi) is 8.67. The van der Waals surface area contributed by atoms with Gasteiger partial charge in [0.2, 0.25) is 0 Å². The highest BCUT2D eigenvalue weighted by Gasteiger charge is 2.19. The average molecular weight is 451 g/mol. The number of carbonyl (C=O) groups excluding carboxylic acids is 2. The number of anilines is 1. The maximum absolute atomic E-state index is 12.0. The van der Waals surface area contributed by atoms with Crippen LogP contribution in [0.25, 0.3) is 0 Å². The molecule has 0 saturated carbocycles. The molecule has 0 saturated heterocycles. The van der Waals surface area contributed by atoms with Gasteiger partial charge in [-0.2, -0.15) is 0 Å². The molecule has 27 heavy (non-hydrogen) atoms. The quantitative estimate of drug-likeness (QED) is 0.426. The van der Waals surface area contributed by atoms with Crippen molar-refractivity contribution < 1.29 is 14.3 Å². The fourth-order valence-corrected chi connectivity index (χ4v) is 3.46. The van der Waals surface area contributed by atoms with Crippen molar-refractivity contribution in [3.63, 3.8) is 0 Å². The molecule has 144 valence electrons. The van der Waals surface area contributed by atoms with E-state index < -0.39 is 12.1 Å². The highest BCUT2D eigenvalue weighted by molar-refractivity contribution is 9.10. The molecular formula is C20H23BrN2O3S. The van der Waals surface area contributed by atoms with Crippen molar-refractivity contribution in [2.45, 2.75) is 31.4 Å². The molecular weight excluding hydrogens is 428 g/mol. The molecule has 0 aliphatic rings. The largest absolute Gasteiger partial charge is 0.445 e. The van der Waals surface area contributed by atoms with Crippen molar-refractivity contribution in [3.05, 3.63) is 64.1 Å². The Morgan fingerprint density at radius 1 is 1.22 bits per heavy atom. The van der Waals surface area contributed by atoms with Crippen LogP contribution in [0, 0.1) is 6.92 Å². The van der Waals surface area contributed by atoms with E-state index in [2.05, 4.69) is 26.6 Å². The third-order valence-electron chi connectivity index (χ3n) is 4.02. The summed E-state index contributed by atoms with van der Waals surface area (Å²) in [6.07, 6.45) is 2.54. The van der Waals surface area contributed by atoms with Crippen LogP contribution in [0.5, 0.6) is 0 Å². The van der Waals surface area contributed by atoms with E-state index in [0.29, 0.717) is 6.42 Å². The molecule has 5 nitrogen and oxygen atoms in total. The molecule has 2 aromatic rings. The van der Waals surface area contributed by atoms with E-state index in [-0.39, 0.29) is 12.0 Å². The molecule has 0 aliphatic carbocycles. The lowest BCUT2D eigenvalue weighted by atomic mass is 10.2. The van der Waals surface area contributed by atoms with Gasteiger partial charge in [0.25, 0.3) is 0 Å². The normalized spacial score (nSPS) is 12.7. The number of hydrogen-bond acceptors (Lipinski definition) is 5. The van der Waals surface area contributed by atoms with Crippen LogP contribution in [-0.2, 0) is 16.1 Å². The zero-order valence-corrected chi connectivity index (χ0v) is 17.7. The Balaban J connectivity index is 1.88. The minimum atomic E-state index is -0.634. The Morgan fingerprint density at radius 2 is 1.96 bits per heavy atom. The summed E-state index contributed by atoms with van der Waals surface area (Å²) in [5, 5.41) is 6.00. The minimum Gasteiger partial charge on any atom is -0.445 e. The van der Waals surface area contributed by atoms with E-state index in [1.165, 1.54) is 0 Å². The van der Waals surface area contributed by atoms with Gasteiger partial charge in [-0.3, -0.25) is 0 Å². The predicted molar refractivity (Wildman–Crippen MR) is 114 cm³/mol. The van der Waals surface area contributed by atoms with Gasteiger partial charge < -0.3 is 20.2 Å². The molecule has 2 aromatic carbocycles. The number of thioether (sulfide) groups is 1. The molecule has 7 heteroatoms. The third kappa shape index (κ3) is 6.92. The zero-order valence-electron chi connectivity index (χ0n) is 15.3. The number of aldehydes is 1. The first-order valence-electron chi connectivity index (χ1n) is 8.50. The second kappa shape index (κ2) is 11.0. The lowest BCUT2D eigenvalue weighted by Gasteiger charge is -2.22. The Bertz CT molecular complexity index is 758. The minimum absolute atomic E-state index is 0.0392. The van der Waals surface area contributed by atoms with Gasteiger partial charge in [-0.15, -0.1) is 11.8 Å². The molecule has 0 bridgehead atoms. The maximum Gasteiger partial charge on any atom is 0.408 e. The first kappa shape index (κ1) is 21.3. The first-order valence-corrected chi connectivity index (χ1v) is 10.6. The monoisotopic (exact) mass is 450 g/mol. The summed E-state index contributed by atoms with van der Waals surface area (Å²) in [4.78, 5) is 23.4. The van der Waals surface area contributed by atoms with Crippen LogP contribution in [0.4, 0.5) is 10.5 Å². The van der Waals surface area contributed by atoms with Gasteiger partial charge in [0.1, 0.15) is 12.9 Å². The number of nitrogens with one attached hydrogen (secondary N) is 2. The van der Waals surface area contributed by atoms with E-state index in [1.807, 2.05) is 61.7 Å². The average Bonchev–Trinajstić information content (AvgIpc) is 2.69. The topological polar surface area (TPSA) is 67.4 Å². The number of carbonyl (C=O) groups is 2. The third-order valence-corrected chi connectivity index (χ3v) is 5.76. The number of benzene rings is 2. The van der Waals surface area contributed by atoms with Gasteiger partial charge in [-0.1, -0.05) is 52.3 Å². The number of alkyl carbamates (subject to hydrolysis) is 1. The predicted octanol–water partition coefficient (Wildman–Crippen LogP) is 4.74. The molecule has 1 amide bonds. The Labute approximate surface area is 172 Å². The van der Waals surface area contributed by atoms with Gasteiger partial charge in [0.15, 0.2) is 0 Å². The van der Waals surface area contributed by atoms with E-state index in [0.717, 1.165) is 27.6 Å². The van der Waals surface area contributed by atoms with E-state index in [1.54, 1.807) is 11.8 Å². The van der Waals surface area contributed by atoms with Gasteiger partial charge in [-0.25, -0.2) is 4.79 Å². The van der Waals surface area contributed by atoms with Crippen molar-refractivity contribution in [2.75, 3.05) is 11.6 Å². The summed E-state index contributed by atoms with van der Waals surface area (Å²) in [6, 6.07) is 14.7. The fourth-order valence-electron chi connectivity index (χ4n) is 2.45. The van der Waals surface area contributed by atoms with Crippen LogP contribution in [0.3, 0.4) is 0 Å². The van der Waals surface area contributed by atoms with Crippen molar-refractivity contribution >= 4 is 45.8 Å². The van der Waals surface area contributed by atoms with Crippen molar-refractivity contribution in [1.82, 2.24) is 5.32 Å². The summed E-state index contributed by atoms with van der Waals surface area (Å²) in [6.45, 7) is 2.18. The number of halogens is 1. The maximum atomic E-state index is 12.0. The van der Waals surface area contributed by atoms with Crippen molar-refractivity contribution in [3.8, 4) is 0 Å². The van der Waals surface area contributed by atoms with Gasteiger partial charge in [-0.05, 0) is 36.4 Å². The van der Waals surface area contributed by atoms with Crippen LogP contribution in [0.1, 0.15) is 17.5 Å².